The molecule has 0 unspecified atom stereocenters. The average molecular weight is 210 g/mol. The molecule has 0 spiro atoms. The molecule has 0 aliphatic carbocycles. The van der Waals surface area contributed by atoms with E-state index in [0.717, 1.165) is 19.3 Å². The number of nitrogens with zero attached hydrogens (tertiary/aromatic N) is 4. The van der Waals surface area contributed by atoms with Gasteiger partial charge in [-0.1, -0.05) is 39.5 Å². The maximum absolute atomic E-state index is 4.19. The second kappa shape index (κ2) is 6.64. The normalized spacial score (nSPS) is 17.5. The van der Waals surface area contributed by atoms with Crippen LogP contribution in [0.15, 0.2) is 20.7 Å². The fourth-order valence-corrected chi connectivity index (χ4v) is 1.85. The van der Waals surface area contributed by atoms with Crippen molar-refractivity contribution in [3.05, 3.63) is 0 Å². The lowest BCUT2D eigenvalue weighted by Crippen LogP contribution is -2.21. The average Bonchev–Trinajstić information content (AvgIpc) is 2.71. The molecule has 0 aromatic rings. The summed E-state index contributed by atoms with van der Waals surface area (Å²) in [7, 11) is 0. The summed E-state index contributed by atoms with van der Waals surface area (Å²) in [6.07, 6.45) is 9.39. The van der Waals surface area contributed by atoms with E-state index in [-0.39, 0.29) is 5.66 Å². The fraction of sp³-hybridized carbons (Fsp3) is 1.00. The topological polar surface area (TPSA) is 49.4 Å². The van der Waals surface area contributed by atoms with Crippen LogP contribution in [0.3, 0.4) is 0 Å². The summed E-state index contributed by atoms with van der Waals surface area (Å²) in [4.78, 5) is 0. The predicted octanol–water partition coefficient (Wildman–Crippen LogP) is 4.68. The van der Waals surface area contributed by atoms with Gasteiger partial charge in [0.25, 0.3) is 0 Å². The summed E-state index contributed by atoms with van der Waals surface area (Å²) < 4.78 is 0. The Labute approximate surface area is 92.2 Å². The third kappa shape index (κ3) is 4.06. The molecule has 0 fully saturated rings. The molecule has 0 amide bonds. The van der Waals surface area contributed by atoms with Gasteiger partial charge in [0.05, 0.1) is 0 Å². The first-order chi connectivity index (χ1) is 7.33. The molecule has 1 aliphatic heterocycles. The summed E-state index contributed by atoms with van der Waals surface area (Å²) in [5, 5.41) is 15.7. The van der Waals surface area contributed by atoms with E-state index in [9.17, 15) is 0 Å². The lowest BCUT2D eigenvalue weighted by molar-refractivity contribution is 0.352. The van der Waals surface area contributed by atoms with E-state index in [4.69, 9.17) is 0 Å². The molecule has 0 saturated heterocycles. The summed E-state index contributed by atoms with van der Waals surface area (Å²) in [5.41, 5.74) is -0.288. The first-order valence-electron chi connectivity index (χ1n) is 6.17. The van der Waals surface area contributed by atoms with Crippen LogP contribution in [0, 0.1) is 0 Å². The van der Waals surface area contributed by atoms with Gasteiger partial charge in [-0.05, 0) is 36.1 Å². The van der Waals surface area contributed by atoms with Crippen LogP contribution < -0.4 is 0 Å². The molecule has 0 N–H and O–H groups in total. The molecule has 4 nitrogen and oxygen atoms in total. The molecule has 1 aliphatic rings. The summed E-state index contributed by atoms with van der Waals surface area (Å²) in [5.74, 6) is 0. The van der Waals surface area contributed by atoms with Crippen molar-refractivity contribution in [2.45, 2.75) is 70.9 Å². The zero-order chi connectivity index (χ0) is 11.0. The Hall–Kier alpha value is -0.800. The van der Waals surface area contributed by atoms with E-state index in [0.29, 0.717) is 0 Å². The van der Waals surface area contributed by atoms with Crippen molar-refractivity contribution in [1.82, 2.24) is 0 Å². The van der Waals surface area contributed by atoms with Crippen LogP contribution in [0.4, 0.5) is 0 Å². The van der Waals surface area contributed by atoms with Crippen molar-refractivity contribution in [3.8, 4) is 0 Å². The number of hydrogen-bond donors (Lipinski definition) is 0. The minimum atomic E-state index is -0.288. The van der Waals surface area contributed by atoms with E-state index in [1.807, 2.05) is 0 Å². The van der Waals surface area contributed by atoms with Crippen molar-refractivity contribution in [1.29, 1.82) is 0 Å². The highest BCUT2D eigenvalue weighted by atomic mass is 15.6. The minimum Gasteiger partial charge on any atom is -0.135 e. The van der Waals surface area contributed by atoms with Crippen LogP contribution in [0.5, 0.6) is 0 Å². The molecule has 86 valence electrons. The molecular formula is C11H22N4. The van der Waals surface area contributed by atoms with Crippen LogP contribution in [0.25, 0.3) is 0 Å². The van der Waals surface area contributed by atoms with Crippen molar-refractivity contribution < 1.29 is 0 Å². The predicted molar refractivity (Wildman–Crippen MR) is 60.7 cm³/mol. The zero-order valence-corrected chi connectivity index (χ0v) is 9.95. The number of hydrogen-bond acceptors (Lipinski definition) is 4. The Bertz CT molecular complexity index is 211. The monoisotopic (exact) mass is 210 g/mol. The Morgan fingerprint density at radius 2 is 1.33 bits per heavy atom. The molecule has 1 heterocycles. The molecule has 0 saturated carbocycles. The van der Waals surface area contributed by atoms with Crippen molar-refractivity contribution in [2.75, 3.05) is 0 Å². The van der Waals surface area contributed by atoms with Gasteiger partial charge in [0.15, 0.2) is 5.66 Å². The van der Waals surface area contributed by atoms with Crippen LogP contribution in [-0.4, -0.2) is 5.66 Å². The van der Waals surface area contributed by atoms with Gasteiger partial charge >= 0.3 is 0 Å². The Morgan fingerprint density at radius 1 is 0.733 bits per heavy atom. The highest BCUT2D eigenvalue weighted by Gasteiger charge is 2.31. The second-order valence-corrected chi connectivity index (χ2v) is 4.28. The first-order valence-corrected chi connectivity index (χ1v) is 6.17. The summed E-state index contributed by atoms with van der Waals surface area (Å²) in [6.45, 7) is 4.41. The Morgan fingerprint density at radius 3 is 1.93 bits per heavy atom. The molecule has 0 aromatic heterocycles. The van der Waals surface area contributed by atoms with Gasteiger partial charge in [0, 0.05) is 0 Å². The van der Waals surface area contributed by atoms with Gasteiger partial charge in [-0.3, -0.25) is 0 Å². The molecule has 0 aromatic carbocycles. The quantitative estimate of drug-likeness (QED) is 0.522. The molecule has 4 heteroatoms. The largest absolute Gasteiger partial charge is 0.195 e. The fourth-order valence-electron chi connectivity index (χ4n) is 1.85. The van der Waals surface area contributed by atoms with Crippen LogP contribution >= 0.6 is 0 Å². The van der Waals surface area contributed by atoms with Crippen LogP contribution in [0.2, 0.25) is 0 Å². The van der Waals surface area contributed by atoms with E-state index >= 15 is 0 Å². The van der Waals surface area contributed by atoms with Crippen LogP contribution in [0.1, 0.15) is 65.2 Å². The highest BCUT2D eigenvalue weighted by Crippen LogP contribution is 2.31. The van der Waals surface area contributed by atoms with Crippen LogP contribution in [-0.2, 0) is 0 Å². The summed E-state index contributed by atoms with van der Waals surface area (Å²) >= 11 is 0. The number of unbranched alkanes of at least 4 members (excludes halogenated alkanes) is 4. The van der Waals surface area contributed by atoms with Crippen molar-refractivity contribution in [2.24, 2.45) is 20.7 Å². The van der Waals surface area contributed by atoms with E-state index < -0.39 is 0 Å². The van der Waals surface area contributed by atoms with Gasteiger partial charge in [0.2, 0.25) is 0 Å². The lowest BCUT2D eigenvalue weighted by atomic mass is 9.97. The highest BCUT2D eigenvalue weighted by molar-refractivity contribution is 4.84. The van der Waals surface area contributed by atoms with Gasteiger partial charge < -0.3 is 0 Å². The minimum absolute atomic E-state index is 0.288. The van der Waals surface area contributed by atoms with Gasteiger partial charge in [-0.25, -0.2) is 0 Å². The van der Waals surface area contributed by atoms with E-state index in [2.05, 4.69) is 34.5 Å². The van der Waals surface area contributed by atoms with Gasteiger partial charge in [-0.2, -0.15) is 0 Å². The molecule has 0 radical (unpaired) electrons. The summed E-state index contributed by atoms with van der Waals surface area (Å²) in [6, 6.07) is 0. The second-order valence-electron chi connectivity index (χ2n) is 4.28. The maximum Gasteiger partial charge on any atom is 0.195 e. The van der Waals surface area contributed by atoms with E-state index in [1.54, 1.807) is 0 Å². The van der Waals surface area contributed by atoms with Gasteiger partial charge in [-0.15, -0.1) is 10.2 Å². The molecule has 15 heavy (non-hydrogen) atoms. The molecule has 0 atom stereocenters. The Kier molecular flexibility index (Phi) is 5.43. The molecular weight excluding hydrogens is 188 g/mol. The third-order valence-electron chi connectivity index (χ3n) is 2.86. The smallest absolute Gasteiger partial charge is 0.135 e. The molecule has 1 rings (SSSR count). The van der Waals surface area contributed by atoms with Crippen molar-refractivity contribution >= 4 is 0 Å². The van der Waals surface area contributed by atoms with Gasteiger partial charge in [0.1, 0.15) is 0 Å². The zero-order valence-electron chi connectivity index (χ0n) is 9.95. The SMILES string of the molecule is CCCCCCC1(CCCC)N=NN=N1. The van der Waals surface area contributed by atoms with E-state index in [1.165, 1.54) is 32.1 Å². The number of rotatable bonds is 8. The standard InChI is InChI=1S/C11H22N4/c1-3-5-7-8-10-11(9-6-4-2)12-14-15-13-11/h3-10H2,1-2H3. The maximum atomic E-state index is 4.19. The molecule has 0 bridgehead atoms. The van der Waals surface area contributed by atoms with Crippen molar-refractivity contribution in [3.63, 3.8) is 0 Å². The lowest BCUT2D eigenvalue weighted by Gasteiger charge is -2.18. The first kappa shape index (κ1) is 12.3. The third-order valence-corrected chi connectivity index (χ3v) is 2.86. The Balaban J connectivity index is 2.30.